The number of hydrogen-bond acceptors (Lipinski definition) is 8. The number of halogens is 1. The van der Waals surface area contributed by atoms with Gasteiger partial charge in [-0.2, -0.15) is 0 Å². The van der Waals surface area contributed by atoms with Crippen LogP contribution < -0.4 is 0 Å². The average molecular weight is 524 g/mol. The number of carbonyl (C=O) groups excluding carboxylic acids is 2. The van der Waals surface area contributed by atoms with Crippen molar-refractivity contribution in [3.05, 3.63) is 39.9 Å². The summed E-state index contributed by atoms with van der Waals surface area (Å²) in [5.74, 6) is -1.78. The summed E-state index contributed by atoms with van der Waals surface area (Å²) in [6, 6.07) is 5.75. The zero-order valence-electron chi connectivity index (χ0n) is 20.8. The number of carbonyl (C=O) groups is 2. The number of ether oxygens (including phenoxy) is 2. The molecule has 7 nitrogen and oxygen atoms in total. The summed E-state index contributed by atoms with van der Waals surface area (Å²) in [7, 11) is 0. The van der Waals surface area contributed by atoms with E-state index in [0.717, 1.165) is 20.8 Å². The summed E-state index contributed by atoms with van der Waals surface area (Å²) in [5.41, 5.74) is 0.320. The molecule has 0 radical (unpaired) electrons. The molecule has 2 N–H and O–H groups in total. The zero-order chi connectivity index (χ0) is 25.9. The molecule has 0 bridgehead atoms. The number of ketones is 1. The van der Waals surface area contributed by atoms with Gasteiger partial charge in [-0.3, -0.25) is 9.59 Å². The second kappa shape index (κ2) is 11.5. The third-order valence-corrected chi connectivity index (χ3v) is 7.97. The predicted molar refractivity (Wildman–Crippen MR) is 136 cm³/mol. The maximum Gasteiger partial charge on any atom is 0.309 e. The second-order valence-electron chi connectivity index (χ2n) is 9.74. The Morgan fingerprint density at radius 1 is 1.20 bits per heavy atom. The lowest BCUT2D eigenvalue weighted by molar-refractivity contribution is -0.156. The molecule has 0 unspecified atom stereocenters. The minimum absolute atomic E-state index is 0.259. The van der Waals surface area contributed by atoms with E-state index < -0.39 is 41.7 Å². The van der Waals surface area contributed by atoms with E-state index in [4.69, 9.17) is 21.1 Å². The highest BCUT2D eigenvalue weighted by Gasteiger charge is 2.42. The number of aliphatic hydroxyl groups excluding tert-OH is 2. The summed E-state index contributed by atoms with van der Waals surface area (Å²) in [4.78, 5) is 30.5. The summed E-state index contributed by atoms with van der Waals surface area (Å²) < 4.78 is 12.6. The lowest BCUT2D eigenvalue weighted by atomic mass is 9.74. The molecule has 0 saturated carbocycles. The summed E-state index contributed by atoms with van der Waals surface area (Å²) in [6.45, 7) is 8.64. The Balaban J connectivity index is 1.91. The van der Waals surface area contributed by atoms with Crippen molar-refractivity contribution in [1.29, 1.82) is 0 Å². The number of thiazole rings is 1. The van der Waals surface area contributed by atoms with E-state index in [1.165, 1.54) is 0 Å². The highest BCUT2D eigenvalue weighted by Crippen LogP contribution is 2.33. The monoisotopic (exact) mass is 523 g/mol. The van der Waals surface area contributed by atoms with Crippen LogP contribution in [0.4, 0.5) is 0 Å². The number of Topliss-reactive ketones (excluding diaryl/α,β-unsaturated/α-hetero) is 1. The third-order valence-electron chi connectivity index (χ3n) is 6.67. The minimum Gasteiger partial charge on any atom is -0.457 e. The standard InChI is InChI=1S/C26H34ClNO6S/c1-14-24(31)15(2)33-11-10-18(27)7-8-20(17-6-9-21-19(12-17)28-16(3)35-21)34-23(30)13-22(29)26(4,5)25(14)32/h6-7,9,12,14-15,20,22,24,29,31H,8,10-11,13H2,1-5H3/b18-7+/t14-,15-,20+,22+,24+/m1/s1. The van der Waals surface area contributed by atoms with Gasteiger partial charge in [0, 0.05) is 23.8 Å². The fraction of sp³-hybridized carbons (Fsp3) is 0.577. The second-order valence-corrected chi connectivity index (χ2v) is 11.5. The van der Waals surface area contributed by atoms with Crippen LogP contribution in [0.25, 0.3) is 10.2 Å². The molecular formula is C26H34ClNO6S. The molecule has 9 heteroatoms. The van der Waals surface area contributed by atoms with Crippen molar-refractivity contribution in [2.75, 3.05) is 6.61 Å². The number of rotatable bonds is 1. The SMILES string of the molecule is Cc1nc2cc([C@@H]3C/C=C(/Cl)CCO[C@H](C)[C@@H](O)[C@@H](C)C(=O)C(C)(C)[C@@H](O)CC(=O)O3)ccc2s1. The Hall–Kier alpha value is -1.84. The van der Waals surface area contributed by atoms with E-state index >= 15 is 0 Å². The van der Waals surface area contributed by atoms with Crippen LogP contribution in [-0.2, 0) is 19.1 Å². The molecule has 1 aliphatic heterocycles. The number of cyclic esters (lactones) is 1. The summed E-state index contributed by atoms with van der Waals surface area (Å²) in [5, 5.41) is 22.9. The molecule has 2 heterocycles. The molecule has 192 valence electrons. The Kier molecular flexibility index (Phi) is 9.10. The van der Waals surface area contributed by atoms with E-state index in [2.05, 4.69) is 4.98 Å². The number of aromatic nitrogens is 1. The molecule has 5 atom stereocenters. The quantitative estimate of drug-likeness (QED) is 0.514. The van der Waals surface area contributed by atoms with Gasteiger partial charge in [-0.05, 0) is 31.5 Å². The van der Waals surface area contributed by atoms with Crippen LogP contribution >= 0.6 is 22.9 Å². The number of aryl methyl sites for hydroxylation is 1. The fourth-order valence-corrected chi connectivity index (χ4v) is 5.20. The van der Waals surface area contributed by atoms with Gasteiger partial charge in [0.15, 0.2) is 0 Å². The molecule has 0 spiro atoms. The van der Waals surface area contributed by atoms with Crippen molar-refractivity contribution in [3.8, 4) is 0 Å². The average Bonchev–Trinajstić information content (AvgIpc) is 3.18. The van der Waals surface area contributed by atoms with Crippen molar-refractivity contribution in [1.82, 2.24) is 4.98 Å². The first-order chi connectivity index (χ1) is 16.4. The van der Waals surface area contributed by atoms with E-state index in [9.17, 15) is 19.8 Å². The van der Waals surface area contributed by atoms with Crippen LogP contribution in [0.1, 0.15) is 63.6 Å². The van der Waals surface area contributed by atoms with Gasteiger partial charge in [-0.15, -0.1) is 11.3 Å². The lowest BCUT2D eigenvalue weighted by Gasteiger charge is -2.34. The van der Waals surface area contributed by atoms with E-state index in [-0.39, 0.29) is 18.8 Å². The van der Waals surface area contributed by atoms with Crippen LogP contribution in [-0.4, -0.2) is 51.9 Å². The summed E-state index contributed by atoms with van der Waals surface area (Å²) in [6.07, 6.45) is -1.43. The van der Waals surface area contributed by atoms with Gasteiger partial charge >= 0.3 is 5.97 Å². The van der Waals surface area contributed by atoms with Gasteiger partial charge in [-0.25, -0.2) is 4.98 Å². The van der Waals surface area contributed by atoms with Crippen LogP contribution in [0.2, 0.25) is 0 Å². The topological polar surface area (TPSA) is 106 Å². The minimum atomic E-state index is -1.29. The molecule has 1 aromatic carbocycles. The van der Waals surface area contributed by atoms with Crippen molar-refractivity contribution < 1.29 is 29.3 Å². The first-order valence-corrected chi connectivity index (χ1v) is 13.0. The van der Waals surface area contributed by atoms with Crippen LogP contribution in [0.15, 0.2) is 29.3 Å². The molecule has 2 aromatic rings. The van der Waals surface area contributed by atoms with Crippen LogP contribution in [0.3, 0.4) is 0 Å². The van der Waals surface area contributed by atoms with Gasteiger partial charge < -0.3 is 19.7 Å². The number of fused-ring (bicyclic) bond motifs is 1. The van der Waals surface area contributed by atoms with Gasteiger partial charge in [0.2, 0.25) is 0 Å². The third kappa shape index (κ3) is 6.68. The van der Waals surface area contributed by atoms with Crippen molar-refractivity contribution in [2.45, 2.75) is 78.3 Å². The molecular weight excluding hydrogens is 490 g/mol. The Labute approximate surface area is 215 Å². The highest BCUT2D eigenvalue weighted by molar-refractivity contribution is 7.18. The largest absolute Gasteiger partial charge is 0.457 e. The molecule has 3 rings (SSSR count). The van der Waals surface area contributed by atoms with Gasteiger partial charge in [0.05, 0.1) is 52.0 Å². The smallest absolute Gasteiger partial charge is 0.309 e. The molecule has 35 heavy (non-hydrogen) atoms. The zero-order valence-corrected chi connectivity index (χ0v) is 22.4. The van der Waals surface area contributed by atoms with Crippen molar-refractivity contribution in [3.63, 3.8) is 0 Å². The Bertz CT molecular complexity index is 1100. The van der Waals surface area contributed by atoms with E-state index in [1.807, 2.05) is 25.1 Å². The number of nitrogens with zero attached hydrogens (tertiary/aromatic N) is 1. The van der Waals surface area contributed by atoms with Gasteiger partial charge in [0.25, 0.3) is 0 Å². The van der Waals surface area contributed by atoms with Crippen molar-refractivity contribution in [2.24, 2.45) is 11.3 Å². The number of benzene rings is 1. The first kappa shape index (κ1) is 27.7. The van der Waals surface area contributed by atoms with Crippen LogP contribution in [0.5, 0.6) is 0 Å². The van der Waals surface area contributed by atoms with Gasteiger partial charge in [0.1, 0.15) is 11.9 Å². The predicted octanol–water partition coefficient (Wildman–Crippen LogP) is 4.85. The molecule has 0 amide bonds. The molecule has 0 saturated heterocycles. The number of hydrogen-bond donors (Lipinski definition) is 2. The highest BCUT2D eigenvalue weighted by atomic mass is 35.5. The van der Waals surface area contributed by atoms with Crippen molar-refractivity contribution >= 4 is 44.9 Å². The first-order valence-electron chi connectivity index (χ1n) is 11.8. The summed E-state index contributed by atoms with van der Waals surface area (Å²) >= 11 is 7.99. The number of esters is 1. The van der Waals surface area contributed by atoms with E-state index in [1.54, 1.807) is 45.1 Å². The maximum absolute atomic E-state index is 13.1. The normalized spacial score (nSPS) is 31.1. The molecule has 0 aliphatic carbocycles. The molecule has 1 aliphatic rings. The van der Waals surface area contributed by atoms with Gasteiger partial charge in [-0.1, -0.05) is 44.5 Å². The molecule has 0 fully saturated rings. The Morgan fingerprint density at radius 3 is 2.63 bits per heavy atom. The Morgan fingerprint density at radius 2 is 1.91 bits per heavy atom. The lowest BCUT2D eigenvalue weighted by Crippen LogP contribution is -2.47. The number of aliphatic hydroxyl groups is 2. The van der Waals surface area contributed by atoms with Crippen LogP contribution in [0, 0.1) is 18.3 Å². The maximum atomic E-state index is 13.1. The van der Waals surface area contributed by atoms with E-state index in [0.29, 0.717) is 17.9 Å². The molecule has 1 aromatic heterocycles. The fourth-order valence-electron chi connectivity index (χ4n) is 4.22.